The first kappa shape index (κ1) is 13.1. The summed E-state index contributed by atoms with van der Waals surface area (Å²) in [5, 5.41) is 11.9. The van der Waals surface area contributed by atoms with E-state index in [4.69, 9.17) is 10.5 Å². The minimum atomic E-state index is 0.579. The quantitative estimate of drug-likeness (QED) is 0.745. The van der Waals surface area contributed by atoms with Crippen molar-refractivity contribution in [1.29, 1.82) is 0 Å². The fraction of sp³-hybridized carbons (Fsp3) is 0.133. The van der Waals surface area contributed by atoms with Crippen molar-refractivity contribution in [1.82, 2.24) is 20.2 Å². The molecule has 0 bridgehead atoms. The van der Waals surface area contributed by atoms with Crippen LogP contribution in [-0.2, 0) is 0 Å². The molecule has 2 aromatic carbocycles. The molecule has 2 N–H and O–H groups in total. The smallest absolute Gasteiger partial charge is 0.187 e. The van der Waals surface area contributed by atoms with Crippen LogP contribution in [0.4, 0.5) is 5.69 Å². The molecule has 0 amide bonds. The van der Waals surface area contributed by atoms with Crippen LogP contribution in [0.1, 0.15) is 5.56 Å². The third-order valence-electron chi connectivity index (χ3n) is 3.21. The SMILES string of the molecule is COc1cc(-c2nnnn2-c2cccc(C)c2)ccc1N. The van der Waals surface area contributed by atoms with Gasteiger partial charge in [0, 0.05) is 5.56 Å². The highest BCUT2D eigenvalue weighted by molar-refractivity contribution is 5.66. The summed E-state index contributed by atoms with van der Waals surface area (Å²) in [5.41, 5.74) is 9.31. The monoisotopic (exact) mass is 281 g/mol. The Labute approximate surface area is 122 Å². The Morgan fingerprint density at radius 2 is 2.00 bits per heavy atom. The minimum Gasteiger partial charge on any atom is -0.495 e. The van der Waals surface area contributed by atoms with Crippen LogP contribution >= 0.6 is 0 Å². The zero-order chi connectivity index (χ0) is 14.8. The Kier molecular flexibility index (Phi) is 3.27. The first-order valence-electron chi connectivity index (χ1n) is 6.48. The molecule has 6 nitrogen and oxygen atoms in total. The van der Waals surface area contributed by atoms with E-state index in [1.165, 1.54) is 0 Å². The van der Waals surface area contributed by atoms with Gasteiger partial charge in [0.1, 0.15) is 5.75 Å². The number of methoxy groups -OCH3 is 1. The van der Waals surface area contributed by atoms with Gasteiger partial charge in [-0.05, 0) is 53.2 Å². The molecule has 3 rings (SSSR count). The van der Waals surface area contributed by atoms with Crippen molar-refractivity contribution in [2.75, 3.05) is 12.8 Å². The second-order valence-corrected chi connectivity index (χ2v) is 4.71. The average molecular weight is 281 g/mol. The summed E-state index contributed by atoms with van der Waals surface area (Å²) in [4.78, 5) is 0. The molecule has 106 valence electrons. The molecule has 0 spiro atoms. The number of anilines is 1. The second-order valence-electron chi connectivity index (χ2n) is 4.71. The molecule has 0 saturated carbocycles. The maximum Gasteiger partial charge on any atom is 0.187 e. The van der Waals surface area contributed by atoms with Gasteiger partial charge >= 0.3 is 0 Å². The first-order valence-corrected chi connectivity index (χ1v) is 6.48. The number of rotatable bonds is 3. The Bertz CT molecular complexity index is 781. The van der Waals surface area contributed by atoms with Gasteiger partial charge in [0.2, 0.25) is 0 Å². The third-order valence-corrected chi connectivity index (χ3v) is 3.21. The van der Waals surface area contributed by atoms with Crippen LogP contribution in [0.3, 0.4) is 0 Å². The number of hydrogen-bond donors (Lipinski definition) is 1. The molecule has 1 heterocycles. The maximum absolute atomic E-state index is 5.84. The Morgan fingerprint density at radius 1 is 1.14 bits per heavy atom. The van der Waals surface area contributed by atoms with Crippen LogP contribution in [0.2, 0.25) is 0 Å². The summed E-state index contributed by atoms with van der Waals surface area (Å²) in [5.74, 6) is 1.24. The lowest BCUT2D eigenvalue weighted by molar-refractivity contribution is 0.417. The number of benzene rings is 2. The van der Waals surface area contributed by atoms with Crippen molar-refractivity contribution in [3.63, 3.8) is 0 Å². The van der Waals surface area contributed by atoms with Crippen LogP contribution in [-0.4, -0.2) is 27.3 Å². The number of aromatic nitrogens is 4. The summed E-state index contributed by atoms with van der Waals surface area (Å²) in [6, 6.07) is 13.5. The van der Waals surface area contributed by atoms with E-state index in [1.54, 1.807) is 17.9 Å². The van der Waals surface area contributed by atoms with Crippen molar-refractivity contribution in [2.24, 2.45) is 0 Å². The van der Waals surface area contributed by atoms with E-state index < -0.39 is 0 Å². The standard InChI is InChI=1S/C15H15N5O/c1-10-4-3-5-12(8-10)20-15(17-18-19-20)11-6-7-13(16)14(9-11)21-2/h3-9H,16H2,1-2H3. The molecule has 6 heteroatoms. The van der Waals surface area contributed by atoms with Gasteiger partial charge in [0.25, 0.3) is 0 Å². The van der Waals surface area contributed by atoms with Crippen molar-refractivity contribution in [3.05, 3.63) is 48.0 Å². The number of nitrogens with two attached hydrogens (primary N) is 1. The van der Waals surface area contributed by atoms with Crippen LogP contribution in [0.15, 0.2) is 42.5 Å². The van der Waals surface area contributed by atoms with Crippen LogP contribution in [0.25, 0.3) is 17.1 Å². The van der Waals surface area contributed by atoms with Gasteiger partial charge in [-0.15, -0.1) is 5.10 Å². The summed E-state index contributed by atoms with van der Waals surface area (Å²) in [7, 11) is 1.58. The zero-order valence-electron chi connectivity index (χ0n) is 11.8. The number of tetrazole rings is 1. The van der Waals surface area contributed by atoms with E-state index >= 15 is 0 Å². The number of aryl methyl sites for hydroxylation is 1. The summed E-state index contributed by atoms with van der Waals surface area (Å²) >= 11 is 0. The van der Waals surface area contributed by atoms with Crippen molar-refractivity contribution >= 4 is 5.69 Å². The normalized spacial score (nSPS) is 10.6. The van der Waals surface area contributed by atoms with E-state index in [1.807, 2.05) is 43.3 Å². The predicted octanol–water partition coefficient (Wildman–Crippen LogP) is 2.23. The highest BCUT2D eigenvalue weighted by Gasteiger charge is 2.12. The van der Waals surface area contributed by atoms with Crippen molar-refractivity contribution in [2.45, 2.75) is 6.92 Å². The topological polar surface area (TPSA) is 78.9 Å². The van der Waals surface area contributed by atoms with E-state index in [2.05, 4.69) is 15.5 Å². The number of nitrogens with zero attached hydrogens (tertiary/aromatic N) is 4. The molecule has 0 fully saturated rings. The van der Waals surface area contributed by atoms with Gasteiger partial charge in [-0.1, -0.05) is 12.1 Å². The highest BCUT2D eigenvalue weighted by atomic mass is 16.5. The summed E-state index contributed by atoms with van der Waals surface area (Å²) < 4.78 is 6.94. The van der Waals surface area contributed by atoms with E-state index in [0.29, 0.717) is 17.3 Å². The maximum atomic E-state index is 5.84. The highest BCUT2D eigenvalue weighted by Crippen LogP contribution is 2.28. The summed E-state index contributed by atoms with van der Waals surface area (Å²) in [6.45, 7) is 2.03. The largest absolute Gasteiger partial charge is 0.495 e. The van der Waals surface area contributed by atoms with Crippen molar-refractivity contribution < 1.29 is 4.74 Å². The molecule has 1 aromatic heterocycles. The Morgan fingerprint density at radius 3 is 2.76 bits per heavy atom. The van der Waals surface area contributed by atoms with Gasteiger partial charge in [0.15, 0.2) is 5.82 Å². The molecule has 0 atom stereocenters. The van der Waals surface area contributed by atoms with Gasteiger partial charge in [-0.2, -0.15) is 4.68 Å². The van der Waals surface area contributed by atoms with Crippen LogP contribution < -0.4 is 10.5 Å². The average Bonchev–Trinajstić information content (AvgIpc) is 2.97. The fourth-order valence-corrected chi connectivity index (χ4v) is 2.15. The second kappa shape index (κ2) is 5.24. The first-order chi connectivity index (χ1) is 10.2. The number of hydrogen-bond acceptors (Lipinski definition) is 5. The van der Waals surface area contributed by atoms with Crippen LogP contribution in [0, 0.1) is 6.92 Å². The van der Waals surface area contributed by atoms with Crippen molar-refractivity contribution in [3.8, 4) is 22.8 Å². The predicted molar refractivity (Wildman–Crippen MR) is 80.3 cm³/mol. The molecule has 0 unspecified atom stereocenters. The molecule has 0 radical (unpaired) electrons. The Hall–Kier alpha value is -2.89. The molecular weight excluding hydrogens is 266 g/mol. The minimum absolute atomic E-state index is 0.579. The number of nitrogen functional groups attached to an aromatic ring is 1. The van der Waals surface area contributed by atoms with E-state index in [-0.39, 0.29) is 0 Å². The van der Waals surface area contributed by atoms with Gasteiger partial charge in [-0.25, -0.2) is 0 Å². The van der Waals surface area contributed by atoms with Crippen LogP contribution in [0.5, 0.6) is 5.75 Å². The molecule has 0 saturated heterocycles. The third kappa shape index (κ3) is 2.43. The zero-order valence-corrected chi connectivity index (χ0v) is 11.8. The lowest BCUT2D eigenvalue weighted by atomic mass is 10.1. The van der Waals surface area contributed by atoms with E-state index in [9.17, 15) is 0 Å². The molecule has 21 heavy (non-hydrogen) atoms. The fourth-order valence-electron chi connectivity index (χ4n) is 2.15. The van der Waals surface area contributed by atoms with Gasteiger partial charge < -0.3 is 10.5 Å². The lowest BCUT2D eigenvalue weighted by Gasteiger charge is -2.08. The van der Waals surface area contributed by atoms with Gasteiger partial charge in [0.05, 0.1) is 18.5 Å². The summed E-state index contributed by atoms with van der Waals surface area (Å²) in [6.07, 6.45) is 0. The van der Waals surface area contributed by atoms with E-state index in [0.717, 1.165) is 16.8 Å². The molecule has 0 aliphatic heterocycles. The molecule has 0 aliphatic carbocycles. The molecule has 3 aromatic rings. The van der Waals surface area contributed by atoms with Gasteiger partial charge in [-0.3, -0.25) is 0 Å². The molecule has 0 aliphatic rings. The number of ether oxygens (including phenoxy) is 1. The Balaban J connectivity index is 2.11. The lowest BCUT2D eigenvalue weighted by Crippen LogP contribution is -2.01. The molecular formula is C15H15N5O.